The first kappa shape index (κ1) is 32.5. The van der Waals surface area contributed by atoms with Gasteiger partial charge < -0.3 is 21.7 Å². The fraction of sp³-hybridized carbons (Fsp3) is 0.964. The molecule has 33 heavy (non-hydrogen) atoms. The van der Waals surface area contributed by atoms with Crippen LogP contribution in [0.3, 0.4) is 0 Å². The lowest BCUT2D eigenvalue weighted by Gasteiger charge is -2.13. The summed E-state index contributed by atoms with van der Waals surface area (Å²) in [6, 6.07) is -0.245. The molecule has 0 aromatic rings. The van der Waals surface area contributed by atoms with Crippen molar-refractivity contribution in [3.8, 4) is 0 Å². The number of carbonyl (C=O) groups is 1. The van der Waals surface area contributed by atoms with Gasteiger partial charge in [-0.05, 0) is 39.5 Å². The van der Waals surface area contributed by atoms with Gasteiger partial charge in [0.2, 0.25) is 0 Å². The highest BCUT2D eigenvalue weighted by molar-refractivity contribution is 5.78. The molecule has 4 unspecified atom stereocenters. The summed E-state index contributed by atoms with van der Waals surface area (Å²) in [5.74, 6) is 0.439. The van der Waals surface area contributed by atoms with E-state index in [2.05, 4.69) is 0 Å². The van der Waals surface area contributed by atoms with E-state index in [-0.39, 0.29) is 24.3 Å². The summed E-state index contributed by atoms with van der Waals surface area (Å²) in [5, 5.41) is 19.3. The smallest absolute Gasteiger partial charge is 0.132 e. The largest absolute Gasteiger partial charge is 0.392 e. The fourth-order valence-electron chi connectivity index (χ4n) is 4.30. The highest BCUT2D eigenvalue weighted by Crippen LogP contribution is 2.15. The number of nitrogens with two attached hydrogens (primary N) is 2. The Bertz CT molecular complexity index is 429. The number of unbranched alkanes of at least 4 members (excludes halogenated alkanes) is 15. The first-order valence-corrected chi connectivity index (χ1v) is 14.2. The van der Waals surface area contributed by atoms with Gasteiger partial charge in [-0.2, -0.15) is 0 Å². The van der Waals surface area contributed by atoms with Crippen LogP contribution in [0.5, 0.6) is 0 Å². The lowest BCUT2D eigenvalue weighted by atomic mass is 10.0. The van der Waals surface area contributed by atoms with Crippen molar-refractivity contribution >= 4 is 5.78 Å². The Morgan fingerprint density at radius 1 is 0.515 bits per heavy atom. The van der Waals surface area contributed by atoms with Crippen LogP contribution in [-0.2, 0) is 4.79 Å². The molecule has 0 radical (unpaired) electrons. The number of aliphatic hydroxyl groups excluding tert-OH is 2. The van der Waals surface area contributed by atoms with E-state index in [1.807, 2.05) is 13.8 Å². The molecule has 0 aromatic heterocycles. The maximum Gasteiger partial charge on any atom is 0.132 e. The summed E-state index contributed by atoms with van der Waals surface area (Å²) in [7, 11) is 0. The van der Waals surface area contributed by atoms with Gasteiger partial charge in [0.15, 0.2) is 0 Å². The molecule has 0 saturated carbocycles. The molecule has 0 amide bonds. The second-order valence-electron chi connectivity index (χ2n) is 10.5. The summed E-state index contributed by atoms with van der Waals surface area (Å²) >= 11 is 0. The Kier molecular flexibility index (Phi) is 22.9. The van der Waals surface area contributed by atoms with E-state index in [1.165, 1.54) is 64.2 Å². The van der Waals surface area contributed by atoms with Crippen molar-refractivity contribution in [1.82, 2.24) is 0 Å². The van der Waals surface area contributed by atoms with E-state index in [9.17, 15) is 15.0 Å². The van der Waals surface area contributed by atoms with Gasteiger partial charge >= 0.3 is 0 Å². The number of hydrogen-bond donors (Lipinski definition) is 4. The topological polar surface area (TPSA) is 110 Å². The molecule has 0 aromatic carbocycles. The molecule has 0 fully saturated rings. The average molecular weight is 471 g/mol. The van der Waals surface area contributed by atoms with Crippen LogP contribution in [0.25, 0.3) is 0 Å². The van der Waals surface area contributed by atoms with Crippen molar-refractivity contribution in [3.05, 3.63) is 0 Å². The van der Waals surface area contributed by atoms with E-state index in [0.29, 0.717) is 5.78 Å². The molecular weight excluding hydrogens is 412 g/mol. The minimum Gasteiger partial charge on any atom is -0.392 e. The van der Waals surface area contributed by atoms with Gasteiger partial charge in [0.1, 0.15) is 5.78 Å². The molecule has 5 heteroatoms. The number of hydrogen-bond acceptors (Lipinski definition) is 5. The third kappa shape index (κ3) is 23.0. The Balaban J connectivity index is 3.24. The molecule has 0 heterocycles. The van der Waals surface area contributed by atoms with Gasteiger partial charge in [0.25, 0.3) is 0 Å². The number of carbonyl (C=O) groups excluding carboxylic acids is 1. The van der Waals surface area contributed by atoms with Crippen LogP contribution >= 0.6 is 0 Å². The first-order valence-electron chi connectivity index (χ1n) is 14.2. The summed E-state index contributed by atoms with van der Waals surface area (Å²) in [6.07, 6.45) is 22.9. The molecule has 4 atom stereocenters. The summed E-state index contributed by atoms with van der Waals surface area (Å²) in [5.41, 5.74) is 11.3. The standard InChI is InChI=1S/C28H58N2O3/c1-24(29)27(32)22-18-14-10-8-6-4-3-5-7-9-12-16-20-26(31)21-17-13-11-15-19-23-28(33)25(2)30/h24-25,27-28,32-33H,3-23,29-30H2,1-2H3. The summed E-state index contributed by atoms with van der Waals surface area (Å²) < 4.78 is 0. The van der Waals surface area contributed by atoms with Crippen LogP contribution < -0.4 is 11.5 Å². The van der Waals surface area contributed by atoms with Gasteiger partial charge in [-0.3, -0.25) is 4.79 Å². The van der Waals surface area contributed by atoms with E-state index >= 15 is 0 Å². The average Bonchev–Trinajstić information content (AvgIpc) is 2.77. The Morgan fingerprint density at radius 3 is 1.03 bits per heavy atom. The van der Waals surface area contributed by atoms with Crippen LogP contribution in [-0.4, -0.2) is 40.3 Å². The minimum atomic E-state index is -0.375. The fourth-order valence-corrected chi connectivity index (χ4v) is 4.30. The van der Waals surface area contributed by atoms with Crippen molar-refractivity contribution in [3.63, 3.8) is 0 Å². The van der Waals surface area contributed by atoms with Crippen molar-refractivity contribution in [1.29, 1.82) is 0 Å². The highest BCUT2D eigenvalue weighted by Gasteiger charge is 2.09. The predicted octanol–water partition coefficient (Wildman–Crippen LogP) is 6.16. The third-order valence-corrected chi connectivity index (χ3v) is 6.87. The zero-order valence-corrected chi connectivity index (χ0v) is 22.1. The van der Waals surface area contributed by atoms with Gasteiger partial charge in [-0.25, -0.2) is 0 Å². The highest BCUT2D eigenvalue weighted by atomic mass is 16.3. The van der Waals surface area contributed by atoms with Gasteiger partial charge in [0, 0.05) is 24.9 Å². The van der Waals surface area contributed by atoms with Crippen molar-refractivity contribution in [2.24, 2.45) is 11.5 Å². The molecule has 0 spiro atoms. The second-order valence-corrected chi connectivity index (χ2v) is 10.5. The van der Waals surface area contributed by atoms with Crippen LogP contribution in [0.4, 0.5) is 0 Å². The quantitative estimate of drug-likeness (QED) is 0.119. The maximum atomic E-state index is 12.0. The first-order chi connectivity index (χ1) is 15.8. The monoisotopic (exact) mass is 470 g/mol. The van der Waals surface area contributed by atoms with Crippen LogP contribution in [0.15, 0.2) is 0 Å². The van der Waals surface area contributed by atoms with E-state index in [1.54, 1.807) is 0 Å². The van der Waals surface area contributed by atoms with E-state index in [0.717, 1.165) is 70.6 Å². The third-order valence-electron chi connectivity index (χ3n) is 6.87. The Morgan fingerprint density at radius 2 is 0.758 bits per heavy atom. The number of aliphatic hydroxyl groups is 2. The van der Waals surface area contributed by atoms with Crippen molar-refractivity contribution in [2.45, 2.75) is 173 Å². The predicted molar refractivity (Wildman–Crippen MR) is 141 cm³/mol. The summed E-state index contributed by atoms with van der Waals surface area (Å²) in [4.78, 5) is 12.0. The van der Waals surface area contributed by atoms with Gasteiger partial charge in [0.05, 0.1) is 12.2 Å². The lowest BCUT2D eigenvalue weighted by molar-refractivity contribution is -0.119. The molecule has 198 valence electrons. The van der Waals surface area contributed by atoms with Crippen molar-refractivity contribution < 1.29 is 15.0 Å². The normalized spacial score (nSPS) is 15.3. The Hall–Kier alpha value is -0.490. The molecule has 5 nitrogen and oxygen atoms in total. The van der Waals surface area contributed by atoms with Crippen LogP contribution in [0, 0.1) is 0 Å². The summed E-state index contributed by atoms with van der Waals surface area (Å²) in [6.45, 7) is 3.72. The zero-order chi connectivity index (χ0) is 24.7. The molecular formula is C28H58N2O3. The van der Waals surface area contributed by atoms with Gasteiger partial charge in [-0.1, -0.05) is 96.3 Å². The molecule has 6 N–H and O–H groups in total. The molecule has 0 aliphatic carbocycles. The maximum absolute atomic E-state index is 12.0. The molecule has 0 bridgehead atoms. The van der Waals surface area contributed by atoms with E-state index in [4.69, 9.17) is 11.5 Å². The number of rotatable bonds is 25. The minimum absolute atomic E-state index is 0.107. The number of ketones is 1. The van der Waals surface area contributed by atoms with Crippen LogP contribution in [0.2, 0.25) is 0 Å². The molecule has 0 saturated heterocycles. The molecule has 0 aliphatic rings. The lowest BCUT2D eigenvalue weighted by Crippen LogP contribution is -2.31. The Labute approximate surface area is 205 Å². The number of Topliss-reactive ketones (excluding diaryl/α,β-unsaturated/α-hetero) is 1. The van der Waals surface area contributed by atoms with E-state index < -0.39 is 0 Å². The SMILES string of the molecule is CC(N)C(O)CCCCCCCCCCCCCCC(=O)CCCCCCCC(O)C(C)N. The molecule has 0 rings (SSSR count). The molecule has 0 aliphatic heterocycles. The zero-order valence-electron chi connectivity index (χ0n) is 22.1. The van der Waals surface area contributed by atoms with Crippen molar-refractivity contribution in [2.75, 3.05) is 0 Å². The van der Waals surface area contributed by atoms with Crippen LogP contribution in [0.1, 0.15) is 149 Å². The van der Waals surface area contributed by atoms with Gasteiger partial charge in [-0.15, -0.1) is 0 Å². The second kappa shape index (κ2) is 23.3.